The van der Waals surface area contributed by atoms with Gasteiger partial charge >= 0.3 is 0 Å². The monoisotopic (exact) mass is 866 g/mol. The summed E-state index contributed by atoms with van der Waals surface area (Å²) in [5, 5.41) is 2.61. The Balaban J connectivity index is 0.000000147. The molecule has 0 saturated carbocycles. The van der Waals surface area contributed by atoms with Gasteiger partial charge < -0.3 is 19.4 Å². The van der Waals surface area contributed by atoms with E-state index in [1.807, 2.05) is 0 Å². The first-order chi connectivity index (χ1) is 21.8. The number of hydrogen-bond acceptors (Lipinski definition) is 2. The Kier molecular flexibility index (Phi) is 8.06. The predicted molar refractivity (Wildman–Crippen MR) is 203 cm³/mol. The predicted octanol–water partition coefficient (Wildman–Crippen LogP) is 11.9. The van der Waals surface area contributed by atoms with Crippen molar-refractivity contribution in [1.82, 2.24) is 9.97 Å². The fraction of sp³-hybridized carbons (Fsp3) is 0.263. The van der Waals surface area contributed by atoms with E-state index in [9.17, 15) is 0 Å². The zero-order valence-electron chi connectivity index (χ0n) is 26.5. The van der Waals surface area contributed by atoms with Gasteiger partial charge in [-0.25, -0.2) is 0 Å². The van der Waals surface area contributed by atoms with Gasteiger partial charge in [-0.15, -0.1) is 0 Å². The van der Waals surface area contributed by atoms with Crippen molar-refractivity contribution < 1.29 is 9.47 Å². The number of methoxy groups -OCH3 is 2. The molecule has 0 fully saturated rings. The number of benzene rings is 4. The van der Waals surface area contributed by atoms with E-state index in [1.54, 1.807) is 14.2 Å². The van der Waals surface area contributed by atoms with Crippen molar-refractivity contribution in [2.75, 3.05) is 14.2 Å². The van der Waals surface area contributed by atoms with Crippen LogP contribution >= 0.6 is 63.7 Å². The molecule has 4 aromatic carbocycles. The summed E-state index contributed by atoms with van der Waals surface area (Å²) in [6.07, 6.45) is 1.87. The van der Waals surface area contributed by atoms with Crippen LogP contribution in [0.3, 0.4) is 0 Å². The number of nitrogens with one attached hydrogen (secondary N) is 2. The summed E-state index contributed by atoms with van der Waals surface area (Å²) in [7, 11) is 3.43. The number of ether oxygens (including phenoxy) is 2. The van der Waals surface area contributed by atoms with Crippen LogP contribution in [0, 0.1) is 0 Å². The fourth-order valence-corrected chi connectivity index (χ4v) is 9.61. The topological polar surface area (TPSA) is 50.0 Å². The average molecular weight is 870 g/mol. The maximum atomic E-state index is 5.51. The minimum absolute atomic E-state index is 0.0810. The quantitative estimate of drug-likeness (QED) is 0.182. The molecule has 2 aromatic heterocycles. The van der Waals surface area contributed by atoms with Crippen LogP contribution in [0.2, 0.25) is 0 Å². The summed E-state index contributed by atoms with van der Waals surface area (Å²) in [4.78, 5) is 7.32. The van der Waals surface area contributed by atoms with Gasteiger partial charge in [-0.05, 0) is 114 Å². The molecule has 8 rings (SSSR count). The maximum absolute atomic E-state index is 5.51. The van der Waals surface area contributed by atoms with Gasteiger partial charge in [0.2, 0.25) is 0 Å². The van der Waals surface area contributed by atoms with Crippen molar-refractivity contribution in [2.24, 2.45) is 0 Å². The van der Waals surface area contributed by atoms with E-state index < -0.39 is 0 Å². The van der Waals surface area contributed by atoms with E-state index >= 15 is 0 Å². The number of halogens is 4. The second-order valence-corrected chi connectivity index (χ2v) is 16.7. The van der Waals surface area contributed by atoms with Crippen LogP contribution < -0.4 is 9.47 Å². The summed E-state index contributed by atoms with van der Waals surface area (Å²) < 4.78 is 15.3. The molecule has 8 heteroatoms. The van der Waals surface area contributed by atoms with Gasteiger partial charge in [-0.2, -0.15) is 0 Å². The lowest BCUT2D eigenvalue weighted by Gasteiger charge is -2.33. The molecule has 6 aromatic rings. The largest absolute Gasteiger partial charge is 0.496 e. The third-order valence-electron chi connectivity index (χ3n) is 9.83. The second kappa shape index (κ2) is 11.6. The Bertz CT molecular complexity index is 2190. The van der Waals surface area contributed by atoms with Crippen LogP contribution in [0.1, 0.15) is 72.5 Å². The van der Waals surface area contributed by atoms with E-state index in [-0.39, 0.29) is 10.8 Å². The fourth-order valence-electron chi connectivity index (χ4n) is 7.53. The molecule has 2 aliphatic rings. The average Bonchev–Trinajstić information content (AvgIpc) is 3.57. The third kappa shape index (κ3) is 5.01. The molecule has 2 N–H and O–H groups in total. The molecular formula is C38H34Br4N2O2. The molecule has 0 aliphatic heterocycles. The SMILES string of the molecule is COc1cc2c(cc1Br)Cc1c([nH]c3cc(Br)ccc13)C2(C)C.COc1cc2c(cc1Br)Cc1c([nH]c3cccc(Br)c13)C2(C)C. The van der Waals surface area contributed by atoms with Crippen molar-refractivity contribution in [2.45, 2.75) is 51.4 Å². The van der Waals surface area contributed by atoms with E-state index in [0.29, 0.717) is 0 Å². The molecule has 0 amide bonds. The number of fused-ring (bicyclic) bond motifs is 8. The van der Waals surface area contributed by atoms with Gasteiger partial charge in [0, 0.05) is 65.8 Å². The molecule has 46 heavy (non-hydrogen) atoms. The van der Waals surface area contributed by atoms with Crippen LogP contribution in [0.5, 0.6) is 11.5 Å². The van der Waals surface area contributed by atoms with E-state index in [4.69, 9.17) is 9.47 Å². The van der Waals surface area contributed by atoms with E-state index in [2.05, 4.69) is 162 Å². The smallest absolute Gasteiger partial charge is 0.133 e. The summed E-state index contributed by atoms with van der Waals surface area (Å²) >= 11 is 14.5. The molecule has 2 heterocycles. The summed E-state index contributed by atoms with van der Waals surface area (Å²) in [5.41, 5.74) is 13.0. The first-order valence-corrected chi connectivity index (χ1v) is 18.4. The highest BCUT2D eigenvalue weighted by molar-refractivity contribution is 9.11. The molecule has 0 radical (unpaired) electrons. The maximum Gasteiger partial charge on any atom is 0.133 e. The van der Waals surface area contributed by atoms with Gasteiger partial charge in [0.15, 0.2) is 0 Å². The Hall–Kier alpha value is -2.52. The molecule has 0 atom stereocenters. The second-order valence-electron chi connectivity index (χ2n) is 13.2. The summed E-state index contributed by atoms with van der Waals surface area (Å²) in [5.74, 6) is 1.77. The van der Waals surface area contributed by atoms with Crippen molar-refractivity contribution in [3.05, 3.63) is 123 Å². The minimum Gasteiger partial charge on any atom is -0.496 e. The lowest BCUT2D eigenvalue weighted by molar-refractivity contribution is 0.409. The number of rotatable bonds is 2. The molecule has 236 valence electrons. The number of aromatic nitrogens is 2. The Labute approximate surface area is 303 Å². The minimum atomic E-state index is -0.0879. The first kappa shape index (κ1) is 32.0. The summed E-state index contributed by atoms with van der Waals surface area (Å²) in [6.45, 7) is 9.12. The van der Waals surface area contributed by atoms with Crippen LogP contribution in [-0.4, -0.2) is 24.2 Å². The van der Waals surface area contributed by atoms with Crippen LogP contribution in [-0.2, 0) is 23.7 Å². The van der Waals surface area contributed by atoms with E-state index in [1.165, 1.54) is 66.6 Å². The highest BCUT2D eigenvalue weighted by Gasteiger charge is 2.37. The number of H-pyrrole nitrogens is 2. The molecule has 2 aliphatic carbocycles. The molecule has 0 unspecified atom stereocenters. The number of hydrogen-bond donors (Lipinski definition) is 2. The zero-order valence-corrected chi connectivity index (χ0v) is 32.9. The highest BCUT2D eigenvalue weighted by atomic mass is 79.9. The highest BCUT2D eigenvalue weighted by Crippen LogP contribution is 2.48. The van der Waals surface area contributed by atoms with Crippen molar-refractivity contribution in [3.8, 4) is 11.5 Å². The van der Waals surface area contributed by atoms with Gasteiger partial charge in [-0.3, -0.25) is 0 Å². The zero-order chi connectivity index (χ0) is 32.7. The molecule has 0 spiro atoms. The lowest BCUT2D eigenvalue weighted by atomic mass is 9.72. The van der Waals surface area contributed by atoms with Crippen LogP contribution in [0.25, 0.3) is 21.8 Å². The molecule has 0 bridgehead atoms. The standard InChI is InChI=1S/2C19H17Br2NO/c1-19(2)14-9-17(23-3)15(21)7-10(14)6-13-12-5-4-11(20)8-16(12)22-18(13)19;1-19(2)12-9-16(23-3)14(21)8-10(12)7-11-17-13(20)5-4-6-15(17)22-18(11)19/h4-5,7-9,22H,6H2,1-3H3;4-6,8-9,22H,7H2,1-3H3. The summed E-state index contributed by atoms with van der Waals surface area (Å²) in [6, 6.07) is 21.6. The molecule has 4 nitrogen and oxygen atoms in total. The van der Waals surface area contributed by atoms with Crippen molar-refractivity contribution >= 4 is 85.5 Å². The van der Waals surface area contributed by atoms with Gasteiger partial charge in [0.25, 0.3) is 0 Å². The van der Waals surface area contributed by atoms with Crippen molar-refractivity contribution in [1.29, 1.82) is 0 Å². The van der Waals surface area contributed by atoms with Gasteiger partial charge in [0.05, 0.1) is 23.2 Å². The van der Waals surface area contributed by atoms with Crippen LogP contribution in [0.15, 0.2) is 78.6 Å². The Morgan fingerprint density at radius 2 is 1.15 bits per heavy atom. The van der Waals surface area contributed by atoms with Crippen molar-refractivity contribution in [3.63, 3.8) is 0 Å². The lowest BCUT2D eigenvalue weighted by Crippen LogP contribution is -2.27. The Morgan fingerprint density at radius 1 is 0.609 bits per heavy atom. The number of aromatic amines is 2. The Morgan fingerprint density at radius 3 is 1.74 bits per heavy atom. The first-order valence-electron chi connectivity index (χ1n) is 15.2. The molecular weight excluding hydrogens is 836 g/mol. The normalized spacial score (nSPS) is 15.3. The van der Waals surface area contributed by atoms with Gasteiger partial charge in [0.1, 0.15) is 11.5 Å². The van der Waals surface area contributed by atoms with Crippen LogP contribution in [0.4, 0.5) is 0 Å². The van der Waals surface area contributed by atoms with E-state index in [0.717, 1.165) is 42.2 Å². The molecule has 0 saturated heterocycles. The third-order valence-corrected chi connectivity index (χ3v) is 12.2. The van der Waals surface area contributed by atoms with Gasteiger partial charge in [-0.1, -0.05) is 71.7 Å².